The molecule has 0 aliphatic rings. The molecule has 2 aromatic rings. The highest BCUT2D eigenvalue weighted by molar-refractivity contribution is 7.10. The maximum atomic E-state index is 6.42. The molecule has 1 heterocycles. The number of rotatable bonds is 6. The van der Waals surface area contributed by atoms with E-state index in [0.29, 0.717) is 0 Å². The van der Waals surface area contributed by atoms with Crippen molar-refractivity contribution in [2.24, 2.45) is 0 Å². The highest BCUT2D eigenvalue weighted by Crippen LogP contribution is 2.34. The van der Waals surface area contributed by atoms with Gasteiger partial charge in [-0.15, -0.1) is 11.3 Å². The van der Waals surface area contributed by atoms with E-state index in [0.717, 1.165) is 35.0 Å². The van der Waals surface area contributed by atoms with Crippen LogP contribution in [0.2, 0.25) is 10.0 Å². The fourth-order valence-electron chi connectivity index (χ4n) is 2.12. The van der Waals surface area contributed by atoms with Crippen molar-refractivity contribution in [2.45, 2.75) is 32.7 Å². The minimum atomic E-state index is 0.266. The summed E-state index contributed by atoms with van der Waals surface area (Å²) in [6, 6.07) is 8.31. The number of nitrogens with one attached hydrogen (secondary N) is 1. The summed E-state index contributed by atoms with van der Waals surface area (Å²) < 4.78 is 0. The zero-order valence-corrected chi connectivity index (χ0v) is 14.1. The number of thiophene rings is 1. The summed E-state index contributed by atoms with van der Waals surface area (Å²) in [5.41, 5.74) is 2.43. The van der Waals surface area contributed by atoms with Crippen LogP contribution in [-0.2, 0) is 6.42 Å². The van der Waals surface area contributed by atoms with Crippen molar-refractivity contribution in [3.8, 4) is 0 Å². The van der Waals surface area contributed by atoms with Crippen LogP contribution in [0.5, 0.6) is 0 Å². The Morgan fingerprint density at radius 3 is 2.45 bits per heavy atom. The first kappa shape index (κ1) is 15.8. The summed E-state index contributed by atoms with van der Waals surface area (Å²) in [5, 5.41) is 7.40. The first-order chi connectivity index (χ1) is 9.61. The Balaban J connectivity index is 2.19. The first-order valence-corrected chi connectivity index (χ1v) is 8.46. The third kappa shape index (κ3) is 3.98. The second kappa shape index (κ2) is 7.46. The molecule has 4 heteroatoms. The molecule has 0 fully saturated rings. The van der Waals surface area contributed by atoms with Crippen LogP contribution < -0.4 is 5.32 Å². The van der Waals surface area contributed by atoms with Crippen molar-refractivity contribution >= 4 is 34.5 Å². The highest BCUT2D eigenvalue weighted by atomic mass is 35.5. The quantitative estimate of drug-likeness (QED) is 0.723. The number of hydrogen-bond acceptors (Lipinski definition) is 2. The summed E-state index contributed by atoms with van der Waals surface area (Å²) in [7, 11) is 0. The van der Waals surface area contributed by atoms with E-state index in [1.807, 2.05) is 12.1 Å². The maximum absolute atomic E-state index is 6.42. The van der Waals surface area contributed by atoms with Crippen molar-refractivity contribution in [1.29, 1.82) is 0 Å². The van der Waals surface area contributed by atoms with Crippen molar-refractivity contribution in [2.75, 3.05) is 6.54 Å². The summed E-state index contributed by atoms with van der Waals surface area (Å²) in [5.74, 6) is 0. The Bertz CT molecular complexity index is 548. The lowest BCUT2D eigenvalue weighted by Gasteiger charge is -2.18. The summed E-state index contributed by atoms with van der Waals surface area (Å²) in [4.78, 5) is 1.23. The summed E-state index contributed by atoms with van der Waals surface area (Å²) in [6.45, 7) is 5.22. The molecule has 2 rings (SSSR count). The standard InChI is InChI=1S/C16H19Cl2NS/c1-3-8-19-14(16-15(18)11(2)10-20-16)9-12-4-6-13(17)7-5-12/h4-7,10,14,19H,3,8-9H2,1-2H3. The van der Waals surface area contributed by atoms with E-state index in [1.165, 1.54) is 10.4 Å². The Morgan fingerprint density at radius 1 is 1.20 bits per heavy atom. The zero-order valence-electron chi connectivity index (χ0n) is 11.7. The average molecular weight is 328 g/mol. The fourth-order valence-corrected chi connectivity index (χ4v) is 3.64. The molecule has 20 heavy (non-hydrogen) atoms. The molecular formula is C16H19Cl2NS. The van der Waals surface area contributed by atoms with Gasteiger partial charge in [-0.1, -0.05) is 42.3 Å². The van der Waals surface area contributed by atoms with E-state index in [-0.39, 0.29) is 6.04 Å². The first-order valence-electron chi connectivity index (χ1n) is 6.83. The topological polar surface area (TPSA) is 12.0 Å². The van der Waals surface area contributed by atoms with E-state index in [1.54, 1.807) is 11.3 Å². The van der Waals surface area contributed by atoms with E-state index in [9.17, 15) is 0 Å². The van der Waals surface area contributed by atoms with Gasteiger partial charge >= 0.3 is 0 Å². The monoisotopic (exact) mass is 327 g/mol. The van der Waals surface area contributed by atoms with E-state index < -0.39 is 0 Å². The molecule has 0 aliphatic heterocycles. The van der Waals surface area contributed by atoms with Crippen molar-refractivity contribution in [1.82, 2.24) is 5.32 Å². The molecule has 0 bridgehead atoms. The molecule has 1 N–H and O–H groups in total. The average Bonchev–Trinajstić information content (AvgIpc) is 2.77. The van der Waals surface area contributed by atoms with Gasteiger partial charge in [0.15, 0.2) is 0 Å². The molecule has 108 valence electrons. The number of benzene rings is 1. The molecule has 0 amide bonds. The Hall–Kier alpha value is -0.540. The van der Waals surface area contributed by atoms with Crippen molar-refractivity contribution in [3.63, 3.8) is 0 Å². The fraction of sp³-hybridized carbons (Fsp3) is 0.375. The minimum absolute atomic E-state index is 0.266. The van der Waals surface area contributed by atoms with Crippen LogP contribution in [0.1, 0.15) is 35.4 Å². The largest absolute Gasteiger partial charge is 0.309 e. The lowest BCUT2D eigenvalue weighted by atomic mass is 10.0. The SMILES string of the molecule is CCCNC(Cc1ccc(Cl)cc1)c1scc(C)c1Cl. The van der Waals surface area contributed by atoms with Gasteiger partial charge < -0.3 is 5.32 Å². The van der Waals surface area contributed by atoms with E-state index in [2.05, 4.69) is 36.7 Å². The Labute approximate surface area is 134 Å². The van der Waals surface area contributed by atoms with Crippen molar-refractivity contribution in [3.05, 3.63) is 55.7 Å². The van der Waals surface area contributed by atoms with E-state index >= 15 is 0 Å². The zero-order chi connectivity index (χ0) is 14.5. The van der Waals surface area contributed by atoms with Gasteiger partial charge in [0.1, 0.15) is 0 Å². The molecule has 1 aromatic heterocycles. The molecule has 1 nitrogen and oxygen atoms in total. The minimum Gasteiger partial charge on any atom is -0.309 e. The molecule has 0 aliphatic carbocycles. The van der Waals surface area contributed by atoms with Gasteiger partial charge in [0.25, 0.3) is 0 Å². The smallest absolute Gasteiger partial charge is 0.0590 e. The molecule has 0 saturated carbocycles. The van der Waals surface area contributed by atoms with Gasteiger partial charge in [-0.3, -0.25) is 0 Å². The predicted octanol–water partition coefficient (Wildman–Crippen LogP) is 5.65. The molecule has 0 spiro atoms. The molecule has 0 saturated heterocycles. The van der Waals surface area contributed by atoms with Crippen LogP contribution in [0, 0.1) is 6.92 Å². The van der Waals surface area contributed by atoms with Crippen LogP contribution in [0.25, 0.3) is 0 Å². The lowest BCUT2D eigenvalue weighted by molar-refractivity contribution is 0.536. The number of hydrogen-bond donors (Lipinski definition) is 1. The summed E-state index contributed by atoms with van der Waals surface area (Å²) in [6.07, 6.45) is 2.04. The Morgan fingerprint density at radius 2 is 1.90 bits per heavy atom. The van der Waals surface area contributed by atoms with E-state index in [4.69, 9.17) is 23.2 Å². The summed E-state index contributed by atoms with van der Waals surface area (Å²) >= 11 is 14.1. The maximum Gasteiger partial charge on any atom is 0.0590 e. The molecule has 0 radical (unpaired) electrons. The van der Waals surface area contributed by atoms with Crippen LogP contribution in [-0.4, -0.2) is 6.54 Å². The van der Waals surface area contributed by atoms with Crippen LogP contribution in [0.4, 0.5) is 0 Å². The Kier molecular flexibility index (Phi) is 5.91. The van der Waals surface area contributed by atoms with Gasteiger partial charge in [0.2, 0.25) is 0 Å². The molecule has 1 aromatic carbocycles. The van der Waals surface area contributed by atoms with Gasteiger partial charge in [0, 0.05) is 15.9 Å². The lowest BCUT2D eigenvalue weighted by Crippen LogP contribution is -2.23. The normalized spacial score (nSPS) is 12.6. The van der Waals surface area contributed by atoms with Crippen LogP contribution in [0.3, 0.4) is 0 Å². The predicted molar refractivity (Wildman–Crippen MR) is 90.3 cm³/mol. The van der Waals surface area contributed by atoms with Gasteiger partial charge in [0.05, 0.1) is 5.02 Å². The third-order valence-corrected chi connectivity index (χ3v) is 5.32. The van der Waals surface area contributed by atoms with Gasteiger partial charge in [-0.2, -0.15) is 0 Å². The van der Waals surface area contributed by atoms with Crippen molar-refractivity contribution < 1.29 is 0 Å². The molecule has 1 atom stereocenters. The third-order valence-electron chi connectivity index (χ3n) is 3.24. The number of halogens is 2. The second-order valence-electron chi connectivity index (χ2n) is 4.93. The van der Waals surface area contributed by atoms with Crippen LogP contribution in [0.15, 0.2) is 29.6 Å². The van der Waals surface area contributed by atoms with Gasteiger partial charge in [-0.25, -0.2) is 0 Å². The molecule has 1 unspecified atom stereocenters. The van der Waals surface area contributed by atoms with Gasteiger partial charge in [-0.05, 0) is 54.9 Å². The number of aryl methyl sites for hydroxylation is 1. The molecular weight excluding hydrogens is 309 g/mol. The second-order valence-corrected chi connectivity index (χ2v) is 6.66. The van der Waals surface area contributed by atoms with Crippen LogP contribution >= 0.6 is 34.5 Å². The highest BCUT2D eigenvalue weighted by Gasteiger charge is 2.18.